The molecule has 5 heteroatoms. The molecular formula is C11H20N4S. The Kier molecular flexibility index (Phi) is 3.76. The van der Waals surface area contributed by atoms with Gasteiger partial charge in [-0.1, -0.05) is 13.8 Å². The molecule has 0 saturated carbocycles. The lowest BCUT2D eigenvalue weighted by Crippen LogP contribution is -2.28. The highest BCUT2D eigenvalue weighted by molar-refractivity contribution is 7.09. The summed E-state index contributed by atoms with van der Waals surface area (Å²) in [6.45, 7) is 8.77. The Morgan fingerprint density at radius 2 is 2.00 bits per heavy atom. The number of hydrogen-bond donors (Lipinski definition) is 0. The van der Waals surface area contributed by atoms with Crippen LogP contribution in [0.25, 0.3) is 0 Å². The molecule has 0 aliphatic carbocycles. The fourth-order valence-electron chi connectivity index (χ4n) is 1.83. The molecule has 4 nitrogen and oxygen atoms in total. The van der Waals surface area contributed by atoms with E-state index in [1.165, 1.54) is 13.0 Å². The topological polar surface area (TPSA) is 32.3 Å². The fraction of sp³-hybridized carbons (Fsp3) is 0.818. The van der Waals surface area contributed by atoms with E-state index in [4.69, 9.17) is 0 Å². The Bertz CT molecular complexity index is 336. The molecule has 0 spiro atoms. The van der Waals surface area contributed by atoms with Crippen LogP contribution >= 0.6 is 11.5 Å². The molecule has 16 heavy (non-hydrogen) atoms. The number of rotatable bonds is 2. The van der Waals surface area contributed by atoms with Gasteiger partial charge in [-0.2, -0.15) is 4.37 Å². The third-order valence-electron chi connectivity index (χ3n) is 2.94. The van der Waals surface area contributed by atoms with Crippen molar-refractivity contribution in [3.63, 3.8) is 0 Å². The number of hydrogen-bond acceptors (Lipinski definition) is 5. The maximum Gasteiger partial charge on any atom is 0.205 e. The van der Waals surface area contributed by atoms with Crippen LogP contribution in [0.3, 0.4) is 0 Å². The van der Waals surface area contributed by atoms with Gasteiger partial charge in [-0.25, -0.2) is 4.98 Å². The molecule has 1 saturated heterocycles. The molecule has 1 aromatic heterocycles. The first-order valence-electron chi connectivity index (χ1n) is 5.94. The van der Waals surface area contributed by atoms with Crippen molar-refractivity contribution >= 4 is 16.7 Å². The van der Waals surface area contributed by atoms with Crippen LogP contribution in [0.2, 0.25) is 0 Å². The van der Waals surface area contributed by atoms with Gasteiger partial charge in [0.25, 0.3) is 0 Å². The maximum atomic E-state index is 4.61. The molecule has 0 radical (unpaired) electrons. The SMILES string of the molecule is CC(C)c1nsc(N2CCCN(C)CC2)n1. The average molecular weight is 240 g/mol. The molecule has 0 amide bonds. The van der Waals surface area contributed by atoms with Gasteiger partial charge in [0.05, 0.1) is 0 Å². The highest BCUT2D eigenvalue weighted by Crippen LogP contribution is 2.22. The lowest BCUT2D eigenvalue weighted by Gasteiger charge is -2.18. The summed E-state index contributed by atoms with van der Waals surface area (Å²) >= 11 is 1.54. The third kappa shape index (κ3) is 2.71. The summed E-state index contributed by atoms with van der Waals surface area (Å²) in [6.07, 6.45) is 1.22. The highest BCUT2D eigenvalue weighted by atomic mass is 32.1. The summed E-state index contributed by atoms with van der Waals surface area (Å²) in [5.41, 5.74) is 0. The van der Waals surface area contributed by atoms with Crippen LogP contribution in [0, 0.1) is 0 Å². The molecule has 0 N–H and O–H groups in total. The van der Waals surface area contributed by atoms with Gasteiger partial charge in [-0.15, -0.1) is 0 Å². The second kappa shape index (κ2) is 5.10. The molecule has 0 unspecified atom stereocenters. The summed E-state index contributed by atoms with van der Waals surface area (Å²) in [4.78, 5) is 9.36. The number of nitrogens with zero attached hydrogens (tertiary/aromatic N) is 4. The lowest BCUT2D eigenvalue weighted by molar-refractivity contribution is 0.360. The van der Waals surface area contributed by atoms with E-state index in [9.17, 15) is 0 Å². The smallest absolute Gasteiger partial charge is 0.205 e. The first kappa shape index (κ1) is 11.8. The second-order valence-corrected chi connectivity index (χ2v) is 5.46. The summed E-state index contributed by atoms with van der Waals surface area (Å²) in [6, 6.07) is 0. The van der Waals surface area contributed by atoms with Crippen molar-refractivity contribution < 1.29 is 0 Å². The largest absolute Gasteiger partial charge is 0.346 e. The molecular weight excluding hydrogens is 220 g/mol. The van der Waals surface area contributed by atoms with Crippen LogP contribution in [-0.4, -0.2) is 47.5 Å². The van der Waals surface area contributed by atoms with Crippen molar-refractivity contribution in [2.75, 3.05) is 38.1 Å². The van der Waals surface area contributed by atoms with E-state index >= 15 is 0 Å². The van der Waals surface area contributed by atoms with E-state index in [0.717, 1.165) is 30.6 Å². The monoisotopic (exact) mass is 240 g/mol. The molecule has 1 aliphatic rings. The third-order valence-corrected chi connectivity index (χ3v) is 3.73. The van der Waals surface area contributed by atoms with Gasteiger partial charge in [0.2, 0.25) is 5.13 Å². The highest BCUT2D eigenvalue weighted by Gasteiger charge is 2.17. The van der Waals surface area contributed by atoms with Gasteiger partial charge >= 0.3 is 0 Å². The normalized spacial score (nSPS) is 19.1. The van der Waals surface area contributed by atoms with Crippen molar-refractivity contribution in [1.29, 1.82) is 0 Å². The zero-order valence-corrected chi connectivity index (χ0v) is 11.1. The van der Waals surface area contributed by atoms with E-state index < -0.39 is 0 Å². The summed E-state index contributed by atoms with van der Waals surface area (Å²) in [5, 5.41) is 1.10. The summed E-state index contributed by atoms with van der Waals surface area (Å²) in [7, 11) is 2.18. The van der Waals surface area contributed by atoms with Gasteiger partial charge < -0.3 is 9.80 Å². The van der Waals surface area contributed by atoms with Crippen LogP contribution in [0.15, 0.2) is 0 Å². The van der Waals surface area contributed by atoms with Crippen LogP contribution in [0.4, 0.5) is 5.13 Å². The van der Waals surface area contributed by atoms with E-state index in [2.05, 4.69) is 40.1 Å². The minimum Gasteiger partial charge on any atom is -0.346 e. The van der Waals surface area contributed by atoms with Crippen LogP contribution < -0.4 is 4.90 Å². The first-order valence-corrected chi connectivity index (χ1v) is 6.71. The van der Waals surface area contributed by atoms with Gasteiger partial charge in [0, 0.05) is 37.1 Å². The predicted octanol–water partition coefficient (Wildman–Crippen LogP) is 1.80. The standard InChI is InChI=1S/C11H20N4S/c1-9(2)10-12-11(16-13-10)15-6-4-5-14(3)7-8-15/h9H,4-8H2,1-3H3. The molecule has 2 heterocycles. The van der Waals surface area contributed by atoms with Crippen LogP contribution in [0.1, 0.15) is 32.0 Å². The van der Waals surface area contributed by atoms with Crippen molar-refractivity contribution in [1.82, 2.24) is 14.3 Å². The summed E-state index contributed by atoms with van der Waals surface area (Å²) < 4.78 is 4.42. The number of aromatic nitrogens is 2. The van der Waals surface area contributed by atoms with Gasteiger partial charge in [0.15, 0.2) is 0 Å². The number of anilines is 1. The Hall–Kier alpha value is -0.680. The minimum absolute atomic E-state index is 0.430. The zero-order valence-electron chi connectivity index (χ0n) is 10.3. The molecule has 1 aliphatic heterocycles. The van der Waals surface area contributed by atoms with E-state index in [0.29, 0.717) is 5.92 Å². The molecule has 90 valence electrons. The zero-order chi connectivity index (χ0) is 11.5. The Balaban J connectivity index is 2.05. The fourth-order valence-corrected chi connectivity index (χ4v) is 2.69. The molecule has 1 fully saturated rings. The Morgan fingerprint density at radius 3 is 2.69 bits per heavy atom. The van der Waals surface area contributed by atoms with Crippen molar-refractivity contribution in [2.45, 2.75) is 26.2 Å². The van der Waals surface area contributed by atoms with E-state index in [1.54, 1.807) is 11.5 Å². The minimum atomic E-state index is 0.430. The van der Waals surface area contributed by atoms with Crippen molar-refractivity contribution in [2.24, 2.45) is 0 Å². The van der Waals surface area contributed by atoms with Gasteiger partial charge in [0.1, 0.15) is 5.82 Å². The Morgan fingerprint density at radius 1 is 1.19 bits per heavy atom. The van der Waals surface area contributed by atoms with Gasteiger partial charge in [-0.05, 0) is 20.0 Å². The van der Waals surface area contributed by atoms with Crippen molar-refractivity contribution in [3.8, 4) is 0 Å². The molecule has 0 bridgehead atoms. The molecule has 0 aromatic carbocycles. The van der Waals surface area contributed by atoms with Crippen molar-refractivity contribution in [3.05, 3.63) is 5.82 Å². The summed E-state index contributed by atoms with van der Waals surface area (Å²) in [5.74, 6) is 1.41. The van der Waals surface area contributed by atoms with Gasteiger partial charge in [-0.3, -0.25) is 0 Å². The molecule has 1 aromatic rings. The second-order valence-electron chi connectivity index (χ2n) is 4.73. The number of likely N-dealkylation sites (N-methyl/N-ethyl adjacent to an activating group) is 1. The van der Waals surface area contributed by atoms with Crippen LogP contribution in [0.5, 0.6) is 0 Å². The van der Waals surface area contributed by atoms with E-state index in [1.807, 2.05) is 0 Å². The predicted molar refractivity (Wildman–Crippen MR) is 68.3 cm³/mol. The quantitative estimate of drug-likeness (QED) is 0.789. The maximum absolute atomic E-state index is 4.61. The van der Waals surface area contributed by atoms with Crippen LogP contribution in [-0.2, 0) is 0 Å². The molecule has 0 atom stereocenters. The average Bonchev–Trinajstić information content (AvgIpc) is 2.63. The lowest BCUT2D eigenvalue weighted by atomic mass is 10.2. The van der Waals surface area contributed by atoms with E-state index in [-0.39, 0.29) is 0 Å². The molecule has 2 rings (SSSR count). The first-order chi connectivity index (χ1) is 7.66. The Labute approximate surface area is 101 Å².